The molecular formula is C20H27NO4. The Morgan fingerprint density at radius 3 is 2.56 bits per heavy atom. The number of morpholine rings is 1. The molecule has 0 aliphatic carbocycles. The number of carbonyl (C=O) groups is 1. The molecule has 25 heavy (non-hydrogen) atoms. The lowest BCUT2D eigenvalue weighted by Crippen LogP contribution is -2.57. The highest BCUT2D eigenvalue weighted by molar-refractivity contribution is 5.74. The van der Waals surface area contributed by atoms with E-state index < -0.39 is 5.60 Å². The molecule has 2 atom stereocenters. The van der Waals surface area contributed by atoms with Crippen LogP contribution in [0.4, 0.5) is 4.79 Å². The molecule has 5 nitrogen and oxygen atoms in total. The monoisotopic (exact) mass is 345 g/mol. The average Bonchev–Trinajstić information content (AvgIpc) is 2.53. The van der Waals surface area contributed by atoms with Crippen molar-refractivity contribution in [1.29, 1.82) is 0 Å². The molecule has 3 rings (SSSR count). The van der Waals surface area contributed by atoms with Gasteiger partial charge in [0.05, 0.1) is 31.9 Å². The lowest BCUT2D eigenvalue weighted by Gasteiger charge is -2.44. The third-order valence-electron chi connectivity index (χ3n) is 4.44. The Morgan fingerprint density at radius 2 is 1.96 bits per heavy atom. The van der Waals surface area contributed by atoms with Crippen molar-refractivity contribution in [3.05, 3.63) is 41.5 Å². The normalized spacial score (nSPS) is 23.2. The van der Waals surface area contributed by atoms with Gasteiger partial charge in [0.25, 0.3) is 0 Å². The van der Waals surface area contributed by atoms with Crippen LogP contribution in [0.15, 0.2) is 30.3 Å². The van der Waals surface area contributed by atoms with Crippen molar-refractivity contribution in [3.8, 4) is 0 Å². The van der Waals surface area contributed by atoms with Crippen LogP contribution in [0.2, 0.25) is 0 Å². The largest absolute Gasteiger partial charge is 0.444 e. The molecule has 5 heteroatoms. The second-order valence-corrected chi connectivity index (χ2v) is 7.67. The van der Waals surface area contributed by atoms with Gasteiger partial charge in [-0.1, -0.05) is 30.3 Å². The van der Waals surface area contributed by atoms with Gasteiger partial charge in [0.2, 0.25) is 0 Å². The predicted molar refractivity (Wildman–Crippen MR) is 96.2 cm³/mol. The number of carbonyl (C=O) groups excluding carboxylic acids is 1. The van der Waals surface area contributed by atoms with E-state index in [9.17, 15) is 4.79 Å². The highest BCUT2D eigenvalue weighted by Crippen LogP contribution is 2.33. The maximum atomic E-state index is 12.6. The van der Waals surface area contributed by atoms with Crippen molar-refractivity contribution in [2.24, 2.45) is 0 Å². The van der Waals surface area contributed by atoms with Crippen LogP contribution in [0.3, 0.4) is 0 Å². The van der Waals surface area contributed by atoms with Crippen LogP contribution in [0, 0.1) is 0 Å². The molecule has 1 aromatic carbocycles. The second-order valence-electron chi connectivity index (χ2n) is 7.67. The fraction of sp³-hybridized carbons (Fsp3) is 0.550. The summed E-state index contributed by atoms with van der Waals surface area (Å²) in [5.41, 5.74) is 3.12. The molecular weight excluding hydrogens is 318 g/mol. The van der Waals surface area contributed by atoms with E-state index in [1.807, 2.05) is 25.7 Å². The van der Waals surface area contributed by atoms with Gasteiger partial charge in [0, 0.05) is 7.11 Å². The highest BCUT2D eigenvalue weighted by Gasteiger charge is 2.40. The summed E-state index contributed by atoms with van der Waals surface area (Å²) in [5, 5.41) is 0. The molecule has 2 heterocycles. The summed E-state index contributed by atoms with van der Waals surface area (Å²) in [4.78, 5) is 14.4. The Hall–Kier alpha value is -1.85. The van der Waals surface area contributed by atoms with Gasteiger partial charge in [0.1, 0.15) is 5.60 Å². The molecule has 1 aromatic rings. The molecule has 0 radical (unpaired) electrons. The summed E-state index contributed by atoms with van der Waals surface area (Å²) in [6, 6.07) is 8.38. The quantitative estimate of drug-likeness (QED) is 0.839. The molecule has 2 unspecified atom stereocenters. The molecule has 0 N–H and O–H groups in total. The fourth-order valence-electron chi connectivity index (χ4n) is 3.39. The highest BCUT2D eigenvalue weighted by atomic mass is 16.6. The van der Waals surface area contributed by atoms with Gasteiger partial charge in [-0.05, 0) is 43.9 Å². The second kappa shape index (κ2) is 7.18. The number of rotatable bonds is 3. The Kier molecular flexibility index (Phi) is 5.16. The Labute approximate surface area is 149 Å². The topological polar surface area (TPSA) is 48.0 Å². The third kappa shape index (κ3) is 4.22. The van der Waals surface area contributed by atoms with Gasteiger partial charge in [-0.15, -0.1) is 0 Å². The number of nitrogens with zero attached hydrogens (tertiary/aromatic N) is 1. The molecule has 136 valence electrons. The minimum Gasteiger partial charge on any atom is -0.444 e. The van der Waals surface area contributed by atoms with Crippen LogP contribution in [-0.4, -0.2) is 49.0 Å². The first-order valence-corrected chi connectivity index (χ1v) is 8.75. The summed E-state index contributed by atoms with van der Waals surface area (Å²) in [7, 11) is 1.70. The molecule has 0 aromatic heterocycles. The van der Waals surface area contributed by atoms with Crippen LogP contribution < -0.4 is 0 Å². The van der Waals surface area contributed by atoms with Crippen molar-refractivity contribution in [2.45, 2.75) is 51.5 Å². The number of methoxy groups -OCH3 is 1. The first-order chi connectivity index (χ1) is 11.9. The summed E-state index contributed by atoms with van der Waals surface area (Å²) >= 11 is 0. The van der Waals surface area contributed by atoms with E-state index in [0.717, 1.165) is 12.0 Å². The molecule has 2 aliphatic rings. The van der Waals surface area contributed by atoms with Crippen molar-refractivity contribution in [2.75, 3.05) is 20.3 Å². The summed E-state index contributed by atoms with van der Waals surface area (Å²) in [6.45, 7) is 7.36. The fourth-order valence-corrected chi connectivity index (χ4v) is 3.39. The van der Waals surface area contributed by atoms with Gasteiger partial charge in [-0.2, -0.15) is 0 Å². The van der Waals surface area contributed by atoms with E-state index in [1.165, 1.54) is 11.1 Å². The van der Waals surface area contributed by atoms with Gasteiger partial charge >= 0.3 is 6.09 Å². The van der Waals surface area contributed by atoms with Crippen LogP contribution in [0.5, 0.6) is 0 Å². The standard InChI is InChI=1S/C20H27NO4/c1-20(2,3)25-19(22)21-17-9-16(10-18(21)13-24-12-17)15-7-5-14(6-8-15)11-23-4/h5-9,17-18H,10-13H2,1-4H3. The van der Waals surface area contributed by atoms with Crippen molar-refractivity contribution in [3.63, 3.8) is 0 Å². The first-order valence-electron chi connectivity index (χ1n) is 8.75. The van der Waals surface area contributed by atoms with Crippen LogP contribution in [0.1, 0.15) is 38.3 Å². The van der Waals surface area contributed by atoms with Crippen molar-refractivity contribution >= 4 is 11.7 Å². The lowest BCUT2D eigenvalue weighted by molar-refractivity contribution is -0.0510. The minimum atomic E-state index is -0.493. The van der Waals surface area contributed by atoms with E-state index in [1.54, 1.807) is 7.11 Å². The zero-order chi connectivity index (χ0) is 18.0. The number of amides is 1. The molecule has 1 amide bonds. The summed E-state index contributed by atoms with van der Waals surface area (Å²) in [6.07, 6.45) is 2.67. The van der Waals surface area contributed by atoms with Gasteiger partial charge in [-0.25, -0.2) is 4.79 Å². The molecule has 1 saturated heterocycles. The van der Waals surface area contributed by atoms with Crippen LogP contribution >= 0.6 is 0 Å². The van der Waals surface area contributed by atoms with Crippen molar-refractivity contribution in [1.82, 2.24) is 4.90 Å². The van der Waals surface area contributed by atoms with Crippen LogP contribution in [0.25, 0.3) is 5.57 Å². The molecule has 2 bridgehead atoms. The summed E-state index contributed by atoms with van der Waals surface area (Å²) < 4.78 is 16.4. The van der Waals surface area contributed by atoms with E-state index in [0.29, 0.717) is 19.8 Å². The van der Waals surface area contributed by atoms with Gasteiger partial charge < -0.3 is 14.2 Å². The zero-order valence-electron chi connectivity index (χ0n) is 15.5. The minimum absolute atomic E-state index is 0.0206. The Bertz CT molecular complexity index is 645. The maximum absolute atomic E-state index is 12.6. The molecule has 0 spiro atoms. The summed E-state index contributed by atoms with van der Waals surface area (Å²) in [5.74, 6) is 0. The molecule has 2 aliphatic heterocycles. The van der Waals surface area contributed by atoms with E-state index >= 15 is 0 Å². The number of hydrogen-bond donors (Lipinski definition) is 0. The van der Waals surface area contributed by atoms with E-state index in [-0.39, 0.29) is 18.2 Å². The average molecular weight is 345 g/mol. The molecule has 0 saturated carbocycles. The number of benzene rings is 1. The van der Waals surface area contributed by atoms with E-state index in [4.69, 9.17) is 14.2 Å². The maximum Gasteiger partial charge on any atom is 0.411 e. The lowest BCUT2D eigenvalue weighted by atomic mass is 9.90. The van der Waals surface area contributed by atoms with Crippen LogP contribution in [-0.2, 0) is 20.8 Å². The number of ether oxygens (including phenoxy) is 3. The SMILES string of the molecule is COCc1ccc(C2=CC3COCC(C2)N3C(=O)OC(C)(C)C)cc1. The Balaban J connectivity index is 1.80. The Morgan fingerprint density at radius 1 is 1.24 bits per heavy atom. The number of fused-ring (bicyclic) bond motifs is 2. The first kappa shape index (κ1) is 18.0. The zero-order valence-corrected chi connectivity index (χ0v) is 15.5. The third-order valence-corrected chi connectivity index (χ3v) is 4.44. The molecule has 1 fully saturated rings. The number of hydrogen-bond acceptors (Lipinski definition) is 4. The smallest absolute Gasteiger partial charge is 0.411 e. The van der Waals surface area contributed by atoms with E-state index in [2.05, 4.69) is 30.3 Å². The van der Waals surface area contributed by atoms with Gasteiger partial charge in [-0.3, -0.25) is 4.90 Å². The predicted octanol–water partition coefficient (Wildman–Crippen LogP) is 3.62. The van der Waals surface area contributed by atoms with Gasteiger partial charge in [0.15, 0.2) is 0 Å². The van der Waals surface area contributed by atoms with Crippen molar-refractivity contribution < 1.29 is 19.0 Å².